The maximum atomic E-state index is 12.4. The molecule has 7 nitrogen and oxygen atoms in total. The van der Waals surface area contributed by atoms with E-state index in [0.717, 1.165) is 0 Å². The summed E-state index contributed by atoms with van der Waals surface area (Å²) in [5.41, 5.74) is 0.380. The van der Waals surface area contributed by atoms with Crippen LogP contribution in [-0.4, -0.2) is 43.2 Å². The Hall–Kier alpha value is -1.74. The van der Waals surface area contributed by atoms with Crippen molar-refractivity contribution in [3.05, 3.63) is 47.7 Å². The zero-order chi connectivity index (χ0) is 16.3. The number of Topliss-reactive ketones (excluding diaryl/α,β-unsaturated/α-hetero) is 1. The van der Waals surface area contributed by atoms with Crippen molar-refractivity contribution in [3.8, 4) is 0 Å². The fourth-order valence-electron chi connectivity index (χ4n) is 2.34. The zero-order valence-electron chi connectivity index (χ0n) is 11.7. The molecule has 3 unspecified atom stereocenters. The number of hydrogen-bond acceptors (Lipinski definition) is 6. The average molecular weight is 328 g/mol. The number of hydrogen-bond donors (Lipinski definition) is 2. The van der Waals surface area contributed by atoms with Gasteiger partial charge in [-0.3, -0.25) is 9.35 Å². The predicted molar refractivity (Wildman–Crippen MR) is 76.4 cm³/mol. The topological polar surface area (TPSA) is 110 Å². The number of aliphatic hydroxyl groups is 1. The molecule has 0 aromatic heterocycles. The molecule has 120 valence electrons. The molecule has 0 radical (unpaired) electrons. The number of methoxy groups -OCH3 is 1. The Labute approximate surface area is 128 Å². The summed E-state index contributed by atoms with van der Waals surface area (Å²) in [6.45, 7) is 0. The monoisotopic (exact) mass is 328 g/mol. The molecular weight excluding hydrogens is 312 g/mol. The molecule has 1 aliphatic rings. The van der Waals surface area contributed by atoms with Gasteiger partial charge < -0.3 is 14.0 Å². The number of aliphatic hydroxyl groups excluding tert-OH is 1. The van der Waals surface area contributed by atoms with E-state index in [4.69, 9.17) is 9.29 Å². The van der Waals surface area contributed by atoms with Crippen molar-refractivity contribution in [1.82, 2.24) is 0 Å². The van der Waals surface area contributed by atoms with Crippen LogP contribution in [0.3, 0.4) is 0 Å². The largest absolute Gasteiger partial charge is 0.446 e. The van der Waals surface area contributed by atoms with Gasteiger partial charge in [-0.1, -0.05) is 30.3 Å². The van der Waals surface area contributed by atoms with Crippen LogP contribution in [0.4, 0.5) is 0 Å². The van der Waals surface area contributed by atoms with E-state index in [1.165, 1.54) is 13.2 Å². The van der Waals surface area contributed by atoms with Crippen LogP contribution in [0.25, 0.3) is 0 Å². The second-order valence-electron chi connectivity index (χ2n) is 4.86. The SMILES string of the molecule is COC1CC(O)C(C(=O)c2ccccc2)C=C1OS(=O)(=O)O. The van der Waals surface area contributed by atoms with Gasteiger partial charge in [0.15, 0.2) is 5.78 Å². The van der Waals surface area contributed by atoms with Gasteiger partial charge in [0, 0.05) is 19.1 Å². The lowest BCUT2D eigenvalue weighted by Crippen LogP contribution is -2.37. The fraction of sp³-hybridized carbons (Fsp3) is 0.357. The van der Waals surface area contributed by atoms with Crippen molar-refractivity contribution in [2.24, 2.45) is 5.92 Å². The van der Waals surface area contributed by atoms with E-state index in [-0.39, 0.29) is 18.0 Å². The molecule has 8 heteroatoms. The molecule has 0 amide bonds. The Balaban J connectivity index is 2.34. The predicted octanol–water partition coefficient (Wildman–Crippen LogP) is 0.968. The lowest BCUT2D eigenvalue weighted by atomic mass is 9.84. The van der Waals surface area contributed by atoms with Crippen molar-refractivity contribution in [3.63, 3.8) is 0 Å². The first-order valence-corrected chi connectivity index (χ1v) is 7.87. The average Bonchev–Trinajstić information content (AvgIpc) is 2.47. The molecule has 0 spiro atoms. The Bertz CT molecular complexity index is 666. The second kappa shape index (κ2) is 6.57. The summed E-state index contributed by atoms with van der Waals surface area (Å²) in [5.74, 6) is -1.57. The first-order valence-electron chi connectivity index (χ1n) is 6.50. The van der Waals surface area contributed by atoms with E-state index in [2.05, 4.69) is 4.18 Å². The van der Waals surface area contributed by atoms with Crippen LogP contribution in [0.1, 0.15) is 16.8 Å². The highest BCUT2D eigenvalue weighted by molar-refractivity contribution is 7.81. The number of ketones is 1. The van der Waals surface area contributed by atoms with E-state index >= 15 is 0 Å². The summed E-state index contributed by atoms with van der Waals surface area (Å²) in [6, 6.07) is 8.29. The summed E-state index contributed by atoms with van der Waals surface area (Å²) in [6.07, 6.45) is -0.768. The van der Waals surface area contributed by atoms with Gasteiger partial charge in [0.2, 0.25) is 0 Å². The van der Waals surface area contributed by atoms with E-state index in [1.54, 1.807) is 30.3 Å². The summed E-state index contributed by atoms with van der Waals surface area (Å²) >= 11 is 0. The molecule has 0 bridgehead atoms. The molecule has 2 N–H and O–H groups in total. The maximum Gasteiger partial charge on any atom is 0.446 e. The highest BCUT2D eigenvalue weighted by Crippen LogP contribution is 2.29. The quantitative estimate of drug-likeness (QED) is 0.612. The van der Waals surface area contributed by atoms with Crippen molar-refractivity contribution < 1.29 is 31.8 Å². The van der Waals surface area contributed by atoms with Gasteiger partial charge in [-0.2, -0.15) is 8.42 Å². The third-order valence-electron chi connectivity index (χ3n) is 3.38. The molecule has 0 heterocycles. The van der Waals surface area contributed by atoms with Gasteiger partial charge in [-0.05, 0) is 6.08 Å². The van der Waals surface area contributed by atoms with Gasteiger partial charge in [0.25, 0.3) is 0 Å². The molecule has 0 aliphatic heterocycles. The standard InChI is InChI=1S/C14H16O7S/c1-20-12-8-11(15)10(7-13(12)21-22(17,18)19)14(16)9-5-3-2-4-6-9/h2-7,10-12,15H,8H2,1H3,(H,17,18,19). The summed E-state index contributed by atoms with van der Waals surface area (Å²) in [5, 5.41) is 10.1. The minimum atomic E-state index is -4.74. The fourth-order valence-corrected chi connectivity index (χ4v) is 2.74. The summed E-state index contributed by atoms with van der Waals surface area (Å²) in [7, 11) is -3.44. The Morgan fingerprint density at radius 1 is 1.27 bits per heavy atom. The number of benzene rings is 1. The van der Waals surface area contributed by atoms with Crippen molar-refractivity contribution >= 4 is 16.2 Å². The number of rotatable bonds is 5. The van der Waals surface area contributed by atoms with Crippen LogP contribution in [-0.2, 0) is 19.3 Å². The highest BCUT2D eigenvalue weighted by atomic mass is 32.3. The second-order valence-corrected chi connectivity index (χ2v) is 5.89. The molecule has 2 rings (SSSR count). The minimum absolute atomic E-state index is 0.0267. The molecule has 0 fully saturated rings. The highest BCUT2D eigenvalue weighted by Gasteiger charge is 2.37. The van der Waals surface area contributed by atoms with Gasteiger partial charge in [0.05, 0.1) is 12.0 Å². The number of carbonyl (C=O) groups excluding carboxylic acids is 1. The van der Waals surface area contributed by atoms with Crippen LogP contribution in [0.5, 0.6) is 0 Å². The molecule has 1 aromatic rings. The Kier molecular flexibility index (Phi) is 4.97. The molecule has 22 heavy (non-hydrogen) atoms. The van der Waals surface area contributed by atoms with Gasteiger partial charge in [-0.25, -0.2) is 0 Å². The van der Waals surface area contributed by atoms with E-state index in [9.17, 15) is 18.3 Å². The van der Waals surface area contributed by atoms with Crippen LogP contribution in [0, 0.1) is 5.92 Å². The summed E-state index contributed by atoms with van der Waals surface area (Å²) in [4.78, 5) is 12.4. The van der Waals surface area contributed by atoms with E-state index in [1.807, 2.05) is 0 Å². The van der Waals surface area contributed by atoms with Gasteiger partial charge in [-0.15, -0.1) is 0 Å². The molecule has 0 saturated carbocycles. The first kappa shape index (κ1) is 16.6. The maximum absolute atomic E-state index is 12.4. The first-order chi connectivity index (χ1) is 10.3. The van der Waals surface area contributed by atoms with Crippen molar-refractivity contribution in [2.45, 2.75) is 18.6 Å². The van der Waals surface area contributed by atoms with Crippen LogP contribution in [0.2, 0.25) is 0 Å². The smallest absolute Gasteiger partial charge is 0.392 e. The van der Waals surface area contributed by atoms with Gasteiger partial charge >= 0.3 is 10.4 Å². The molecule has 1 aromatic carbocycles. The number of carbonyl (C=O) groups is 1. The molecular formula is C14H16O7S. The van der Waals surface area contributed by atoms with E-state index in [0.29, 0.717) is 5.56 Å². The van der Waals surface area contributed by atoms with Crippen molar-refractivity contribution in [2.75, 3.05) is 7.11 Å². The zero-order valence-corrected chi connectivity index (χ0v) is 12.6. The van der Waals surface area contributed by atoms with Crippen LogP contribution in [0.15, 0.2) is 42.2 Å². The normalized spacial score (nSPS) is 25.4. The van der Waals surface area contributed by atoms with Crippen LogP contribution >= 0.6 is 0 Å². The summed E-state index contributed by atoms with van der Waals surface area (Å²) < 4.78 is 40.0. The third kappa shape index (κ3) is 3.92. The molecule has 0 saturated heterocycles. The van der Waals surface area contributed by atoms with Crippen molar-refractivity contribution in [1.29, 1.82) is 0 Å². The molecule has 3 atom stereocenters. The Morgan fingerprint density at radius 3 is 2.45 bits per heavy atom. The lowest BCUT2D eigenvalue weighted by molar-refractivity contribution is 0.0157. The third-order valence-corrected chi connectivity index (χ3v) is 3.78. The van der Waals surface area contributed by atoms with Crippen LogP contribution < -0.4 is 0 Å². The minimum Gasteiger partial charge on any atom is -0.392 e. The number of ether oxygens (including phenoxy) is 1. The molecule has 1 aliphatic carbocycles. The lowest BCUT2D eigenvalue weighted by Gasteiger charge is -2.30. The van der Waals surface area contributed by atoms with Gasteiger partial charge in [0.1, 0.15) is 11.9 Å². The van der Waals surface area contributed by atoms with E-state index < -0.39 is 28.5 Å². The Morgan fingerprint density at radius 2 is 1.91 bits per heavy atom.